The van der Waals surface area contributed by atoms with Crippen LogP contribution in [0.2, 0.25) is 0 Å². The minimum absolute atomic E-state index is 0.00176. The first-order chi connectivity index (χ1) is 9.88. The largest absolute Gasteiger partial charge is 0.345 e. The Balaban J connectivity index is 2.20. The Labute approximate surface area is 127 Å². The van der Waals surface area contributed by atoms with E-state index in [1.807, 2.05) is 39.0 Å². The molecule has 21 heavy (non-hydrogen) atoms. The van der Waals surface area contributed by atoms with Gasteiger partial charge in [0.25, 0.3) is 5.91 Å². The molecule has 0 heterocycles. The maximum atomic E-state index is 12.4. The van der Waals surface area contributed by atoms with Crippen LogP contribution in [0.1, 0.15) is 51.1 Å². The van der Waals surface area contributed by atoms with Crippen LogP contribution < -0.4 is 5.32 Å². The van der Waals surface area contributed by atoms with Gasteiger partial charge in [-0.2, -0.15) is 0 Å². The van der Waals surface area contributed by atoms with E-state index in [1.54, 1.807) is 0 Å². The van der Waals surface area contributed by atoms with E-state index in [0.717, 1.165) is 11.1 Å². The van der Waals surface area contributed by atoms with Crippen molar-refractivity contribution in [3.05, 3.63) is 69.8 Å². The van der Waals surface area contributed by atoms with Gasteiger partial charge in [0.15, 0.2) is 0 Å². The van der Waals surface area contributed by atoms with Crippen LogP contribution in [0.25, 0.3) is 0 Å². The molecular weight excluding hydrogens is 258 g/mol. The number of hydrogen-bond acceptors (Lipinski definition) is 1. The van der Waals surface area contributed by atoms with Crippen molar-refractivity contribution in [2.75, 3.05) is 0 Å². The fourth-order valence-electron chi connectivity index (χ4n) is 2.65. The molecule has 0 spiro atoms. The molecule has 0 saturated carbocycles. The third-order valence-corrected chi connectivity index (χ3v) is 3.88. The van der Waals surface area contributed by atoms with E-state index in [-0.39, 0.29) is 11.9 Å². The second kappa shape index (κ2) is 6.13. The summed E-state index contributed by atoms with van der Waals surface area (Å²) in [5.74, 6) is -0.0130. The summed E-state index contributed by atoms with van der Waals surface area (Å²) in [7, 11) is 0. The predicted octanol–water partition coefficient (Wildman–Crippen LogP) is 4.41. The molecule has 2 aromatic rings. The predicted molar refractivity (Wildman–Crippen MR) is 87.7 cm³/mol. The lowest BCUT2D eigenvalue weighted by molar-refractivity contribution is 0.0939. The highest BCUT2D eigenvalue weighted by molar-refractivity contribution is 5.95. The standard InChI is InChI=1S/C19H23NO/c1-12-7-9-17(15(4)10-12)19(21)20-16(5)18-11-13(2)6-8-14(18)3/h6-11,16H,1-5H3,(H,20,21)/t16-/m0/s1. The normalized spacial score (nSPS) is 12.0. The van der Waals surface area contributed by atoms with Crippen LogP contribution in [0, 0.1) is 27.7 Å². The van der Waals surface area contributed by atoms with E-state index in [1.165, 1.54) is 22.3 Å². The maximum Gasteiger partial charge on any atom is 0.252 e. The average molecular weight is 281 g/mol. The summed E-state index contributed by atoms with van der Waals surface area (Å²) in [6.07, 6.45) is 0. The first-order valence-corrected chi connectivity index (χ1v) is 7.33. The lowest BCUT2D eigenvalue weighted by Gasteiger charge is -2.18. The van der Waals surface area contributed by atoms with Gasteiger partial charge in [0.05, 0.1) is 6.04 Å². The average Bonchev–Trinajstić information content (AvgIpc) is 2.41. The van der Waals surface area contributed by atoms with Gasteiger partial charge < -0.3 is 5.32 Å². The molecule has 0 aliphatic carbocycles. The summed E-state index contributed by atoms with van der Waals surface area (Å²) >= 11 is 0. The lowest BCUT2D eigenvalue weighted by Crippen LogP contribution is -2.27. The van der Waals surface area contributed by atoms with Crippen molar-refractivity contribution in [3.63, 3.8) is 0 Å². The smallest absolute Gasteiger partial charge is 0.252 e. The molecule has 1 atom stereocenters. The molecule has 0 radical (unpaired) electrons. The molecule has 0 fully saturated rings. The van der Waals surface area contributed by atoms with Gasteiger partial charge in [-0.15, -0.1) is 0 Å². The van der Waals surface area contributed by atoms with Gasteiger partial charge in [0, 0.05) is 5.56 Å². The van der Waals surface area contributed by atoms with Crippen molar-refractivity contribution < 1.29 is 4.79 Å². The molecule has 0 saturated heterocycles. The Morgan fingerprint density at radius 1 is 0.905 bits per heavy atom. The summed E-state index contributed by atoms with van der Waals surface area (Å²) in [4.78, 5) is 12.4. The molecule has 1 amide bonds. The van der Waals surface area contributed by atoms with Crippen molar-refractivity contribution in [2.45, 2.75) is 40.7 Å². The van der Waals surface area contributed by atoms with Crippen LogP contribution in [-0.4, -0.2) is 5.91 Å². The molecule has 0 aliphatic heterocycles. The number of aryl methyl sites for hydroxylation is 4. The molecule has 0 aliphatic rings. The molecule has 0 bridgehead atoms. The SMILES string of the molecule is Cc1ccc(C(=O)N[C@@H](C)c2cc(C)ccc2C)c(C)c1. The van der Waals surface area contributed by atoms with Gasteiger partial charge in [-0.25, -0.2) is 0 Å². The van der Waals surface area contributed by atoms with Crippen molar-refractivity contribution >= 4 is 5.91 Å². The van der Waals surface area contributed by atoms with Crippen molar-refractivity contribution in [1.29, 1.82) is 0 Å². The van der Waals surface area contributed by atoms with Gasteiger partial charge in [0.2, 0.25) is 0 Å². The Hall–Kier alpha value is -2.09. The zero-order valence-electron chi connectivity index (χ0n) is 13.4. The van der Waals surface area contributed by atoms with E-state index in [9.17, 15) is 4.79 Å². The minimum Gasteiger partial charge on any atom is -0.345 e. The molecule has 2 heteroatoms. The topological polar surface area (TPSA) is 29.1 Å². The van der Waals surface area contributed by atoms with Crippen LogP contribution in [0.4, 0.5) is 0 Å². The van der Waals surface area contributed by atoms with E-state index < -0.39 is 0 Å². The number of carbonyl (C=O) groups excluding carboxylic acids is 1. The highest BCUT2D eigenvalue weighted by Crippen LogP contribution is 2.20. The molecule has 1 N–H and O–H groups in total. The first kappa shape index (κ1) is 15.3. The van der Waals surface area contributed by atoms with Crippen molar-refractivity contribution in [2.24, 2.45) is 0 Å². The highest BCUT2D eigenvalue weighted by Gasteiger charge is 2.14. The van der Waals surface area contributed by atoms with Gasteiger partial charge >= 0.3 is 0 Å². The number of hydrogen-bond donors (Lipinski definition) is 1. The van der Waals surface area contributed by atoms with E-state index in [4.69, 9.17) is 0 Å². The zero-order chi connectivity index (χ0) is 15.6. The van der Waals surface area contributed by atoms with Crippen LogP contribution in [0.15, 0.2) is 36.4 Å². The molecular formula is C19H23NO. The molecule has 2 rings (SSSR count). The van der Waals surface area contributed by atoms with Crippen LogP contribution in [-0.2, 0) is 0 Å². The van der Waals surface area contributed by atoms with E-state index >= 15 is 0 Å². The summed E-state index contributed by atoms with van der Waals surface area (Å²) < 4.78 is 0. The summed E-state index contributed by atoms with van der Waals surface area (Å²) in [6, 6.07) is 12.3. The molecule has 0 aromatic heterocycles. The number of benzene rings is 2. The maximum absolute atomic E-state index is 12.4. The third kappa shape index (κ3) is 3.52. The molecule has 0 unspecified atom stereocenters. The second-order valence-electron chi connectivity index (χ2n) is 5.87. The summed E-state index contributed by atoms with van der Waals surface area (Å²) in [5, 5.41) is 3.10. The van der Waals surface area contributed by atoms with E-state index in [0.29, 0.717) is 0 Å². The van der Waals surface area contributed by atoms with Crippen LogP contribution in [0.5, 0.6) is 0 Å². The van der Waals surface area contributed by atoms with Gasteiger partial charge in [-0.1, -0.05) is 41.5 Å². The number of rotatable bonds is 3. The van der Waals surface area contributed by atoms with Gasteiger partial charge in [-0.3, -0.25) is 4.79 Å². The lowest BCUT2D eigenvalue weighted by atomic mass is 9.99. The Bertz CT molecular complexity index is 673. The molecule has 110 valence electrons. The fraction of sp³-hybridized carbons (Fsp3) is 0.316. The van der Waals surface area contributed by atoms with Crippen LogP contribution in [0.3, 0.4) is 0 Å². The summed E-state index contributed by atoms with van der Waals surface area (Å²) in [5.41, 5.74) is 6.52. The van der Waals surface area contributed by atoms with E-state index in [2.05, 4.69) is 37.4 Å². The monoisotopic (exact) mass is 281 g/mol. The number of carbonyl (C=O) groups is 1. The van der Waals surface area contributed by atoms with Crippen LogP contribution >= 0.6 is 0 Å². The summed E-state index contributed by atoms with van der Waals surface area (Å²) in [6.45, 7) is 10.2. The molecule has 2 nitrogen and oxygen atoms in total. The third-order valence-electron chi connectivity index (χ3n) is 3.88. The van der Waals surface area contributed by atoms with Gasteiger partial charge in [-0.05, 0) is 57.4 Å². The Kier molecular flexibility index (Phi) is 4.46. The Morgan fingerprint density at radius 2 is 1.52 bits per heavy atom. The Morgan fingerprint density at radius 3 is 2.19 bits per heavy atom. The molecule has 2 aromatic carbocycles. The first-order valence-electron chi connectivity index (χ1n) is 7.33. The highest BCUT2D eigenvalue weighted by atomic mass is 16.1. The zero-order valence-corrected chi connectivity index (χ0v) is 13.4. The quantitative estimate of drug-likeness (QED) is 0.887. The minimum atomic E-state index is -0.0130. The fourth-order valence-corrected chi connectivity index (χ4v) is 2.65. The van der Waals surface area contributed by atoms with Gasteiger partial charge in [0.1, 0.15) is 0 Å². The second-order valence-corrected chi connectivity index (χ2v) is 5.87. The van der Waals surface area contributed by atoms with Crippen molar-refractivity contribution in [3.8, 4) is 0 Å². The van der Waals surface area contributed by atoms with Crippen molar-refractivity contribution in [1.82, 2.24) is 5.32 Å². The number of amides is 1. The number of nitrogens with one attached hydrogen (secondary N) is 1.